The Labute approximate surface area is 86.1 Å². The van der Waals surface area contributed by atoms with E-state index in [4.69, 9.17) is 22.3 Å². The van der Waals surface area contributed by atoms with E-state index >= 15 is 0 Å². The zero-order chi connectivity index (χ0) is 10.8. The highest BCUT2D eigenvalue weighted by atomic mass is 14.7. The Balaban J connectivity index is 2.99. The fraction of sp³-hybridized carbons (Fsp3) is 0.800. The molecule has 0 unspecified atom stereocenters. The first kappa shape index (κ1) is 12.9. The molecule has 82 valence electrons. The summed E-state index contributed by atoms with van der Waals surface area (Å²) in [4.78, 5) is 0. The monoisotopic (exact) mass is 198 g/mol. The van der Waals surface area contributed by atoms with Crippen molar-refractivity contribution < 1.29 is 0 Å². The van der Waals surface area contributed by atoms with E-state index in [-0.39, 0.29) is 0 Å². The highest BCUT2D eigenvalue weighted by Crippen LogP contribution is 2.08. The molecule has 0 amide bonds. The van der Waals surface area contributed by atoms with Crippen LogP contribution in [0.2, 0.25) is 0 Å². The molecule has 0 rings (SSSR count). The molecule has 0 saturated heterocycles. The van der Waals surface area contributed by atoms with Crippen molar-refractivity contribution in [2.45, 2.75) is 51.4 Å². The van der Waals surface area contributed by atoms with Crippen molar-refractivity contribution in [1.82, 2.24) is 0 Å². The average molecular weight is 198 g/mol. The Kier molecular flexibility index (Phi) is 7.89. The SMILES string of the molecule is N=C(N)CCCCCCCCC(=N)N. The van der Waals surface area contributed by atoms with Gasteiger partial charge in [-0.2, -0.15) is 0 Å². The Hall–Kier alpha value is -1.06. The summed E-state index contributed by atoms with van der Waals surface area (Å²) >= 11 is 0. The van der Waals surface area contributed by atoms with Crippen LogP contribution in [0.25, 0.3) is 0 Å². The number of unbranched alkanes of at least 4 members (excludes halogenated alkanes) is 5. The molecule has 6 N–H and O–H groups in total. The van der Waals surface area contributed by atoms with Crippen LogP contribution in [0.5, 0.6) is 0 Å². The van der Waals surface area contributed by atoms with Crippen molar-refractivity contribution in [2.75, 3.05) is 0 Å². The van der Waals surface area contributed by atoms with Gasteiger partial charge in [0, 0.05) is 12.8 Å². The highest BCUT2D eigenvalue weighted by molar-refractivity contribution is 5.76. The zero-order valence-electron chi connectivity index (χ0n) is 8.81. The van der Waals surface area contributed by atoms with E-state index in [2.05, 4.69) is 0 Å². The number of amidine groups is 2. The quantitative estimate of drug-likeness (QED) is 0.259. The summed E-state index contributed by atoms with van der Waals surface area (Å²) in [5.74, 6) is 0.586. The first-order chi connectivity index (χ1) is 6.63. The van der Waals surface area contributed by atoms with Gasteiger partial charge in [-0.25, -0.2) is 0 Å². The molecule has 4 nitrogen and oxygen atoms in total. The molecule has 0 atom stereocenters. The lowest BCUT2D eigenvalue weighted by Gasteiger charge is -2.01. The van der Waals surface area contributed by atoms with Gasteiger partial charge in [-0.3, -0.25) is 10.8 Å². The van der Waals surface area contributed by atoms with Crippen molar-refractivity contribution in [2.24, 2.45) is 11.5 Å². The van der Waals surface area contributed by atoms with Gasteiger partial charge in [0.25, 0.3) is 0 Å². The van der Waals surface area contributed by atoms with E-state index in [0.29, 0.717) is 11.7 Å². The lowest BCUT2D eigenvalue weighted by molar-refractivity contribution is 0.606. The molecule has 0 aromatic rings. The van der Waals surface area contributed by atoms with Crippen LogP contribution in [-0.4, -0.2) is 11.7 Å². The van der Waals surface area contributed by atoms with Crippen LogP contribution >= 0.6 is 0 Å². The number of hydrogen-bond acceptors (Lipinski definition) is 2. The van der Waals surface area contributed by atoms with Crippen molar-refractivity contribution >= 4 is 11.7 Å². The molecule has 0 heterocycles. The predicted molar refractivity (Wildman–Crippen MR) is 60.8 cm³/mol. The Bertz CT molecular complexity index is 157. The lowest BCUT2D eigenvalue weighted by atomic mass is 10.1. The average Bonchev–Trinajstić information content (AvgIpc) is 2.08. The maximum Gasteiger partial charge on any atom is 0.0905 e. The molecule has 0 saturated carbocycles. The molecule has 4 heteroatoms. The summed E-state index contributed by atoms with van der Waals surface area (Å²) in [6.45, 7) is 0. The van der Waals surface area contributed by atoms with E-state index in [1.807, 2.05) is 0 Å². The second kappa shape index (κ2) is 8.53. The fourth-order valence-corrected chi connectivity index (χ4v) is 1.34. The van der Waals surface area contributed by atoms with E-state index in [1.54, 1.807) is 0 Å². The summed E-state index contributed by atoms with van der Waals surface area (Å²) < 4.78 is 0. The second-order valence-corrected chi connectivity index (χ2v) is 3.67. The second-order valence-electron chi connectivity index (χ2n) is 3.67. The number of rotatable bonds is 9. The van der Waals surface area contributed by atoms with Gasteiger partial charge in [0.1, 0.15) is 0 Å². The maximum atomic E-state index is 7.03. The lowest BCUT2D eigenvalue weighted by Crippen LogP contribution is -2.08. The molecular formula is C10H22N4. The summed E-state index contributed by atoms with van der Waals surface area (Å²) in [6.07, 6.45) is 8.22. The maximum absolute atomic E-state index is 7.03. The smallest absolute Gasteiger partial charge is 0.0905 e. The Morgan fingerprint density at radius 1 is 0.643 bits per heavy atom. The van der Waals surface area contributed by atoms with Gasteiger partial charge in [0.05, 0.1) is 11.7 Å². The highest BCUT2D eigenvalue weighted by Gasteiger charge is 1.94. The summed E-state index contributed by atoms with van der Waals surface area (Å²) in [5, 5.41) is 14.1. The third-order valence-electron chi connectivity index (χ3n) is 2.14. The van der Waals surface area contributed by atoms with Crippen molar-refractivity contribution in [3.8, 4) is 0 Å². The predicted octanol–water partition coefficient (Wildman–Crippen LogP) is 1.98. The van der Waals surface area contributed by atoms with Gasteiger partial charge < -0.3 is 11.5 Å². The molecule has 0 aliphatic heterocycles. The van der Waals surface area contributed by atoms with E-state index in [1.165, 1.54) is 12.8 Å². The first-order valence-corrected chi connectivity index (χ1v) is 5.28. The van der Waals surface area contributed by atoms with Crippen molar-refractivity contribution in [3.63, 3.8) is 0 Å². The number of hydrogen-bond donors (Lipinski definition) is 4. The molecule has 0 spiro atoms. The molecule has 0 radical (unpaired) electrons. The van der Waals surface area contributed by atoms with Gasteiger partial charge in [0.15, 0.2) is 0 Å². The number of nitrogens with one attached hydrogen (secondary N) is 2. The van der Waals surface area contributed by atoms with Crippen LogP contribution in [0.3, 0.4) is 0 Å². The van der Waals surface area contributed by atoms with Gasteiger partial charge >= 0.3 is 0 Å². The van der Waals surface area contributed by atoms with Crippen molar-refractivity contribution in [1.29, 1.82) is 10.8 Å². The van der Waals surface area contributed by atoms with Gasteiger partial charge in [-0.05, 0) is 12.8 Å². The van der Waals surface area contributed by atoms with Crippen LogP contribution in [0, 0.1) is 10.8 Å². The Morgan fingerprint density at radius 2 is 0.929 bits per heavy atom. The molecule has 0 fully saturated rings. The summed E-state index contributed by atoms with van der Waals surface area (Å²) in [7, 11) is 0. The van der Waals surface area contributed by atoms with Crippen molar-refractivity contribution in [3.05, 3.63) is 0 Å². The summed E-state index contributed by atoms with van der Waals surface area (Å²) in [5.41, 5.74) is 10.5. The Morgan fingerprint density at radius 3 is 1.21 bits per heavy atom. The molecule has 0 aliphatic rings. The van der Waals surface area contributed by atoms with E-state index in [9.17, 15) is 0 Å². The topological polar surface area (TPSA) is 99.7 Å². The van der Waals surface area contributed by atoms with E-state index < -0.39 is 0 Å². The van der Waals surface area contributed by atoms with Crippen LogP contribution < -0.4 is 11.5 Å². The minimum Gasteiger partial charge on any atom is -0.388 e. The normalized spacial score (nSPS) is 10.0. The fourth-order valence-electron chi connectivity index (χ4n) is 1.34. The third-order valence-corrected chi connectivity index (χ3v) is 2.14. The summed E-state index contributed by atoms with van der Waals surface area (Å²) in [6, 6.07) is 0. The third kappa shape index (κ3) is 10.9. The standard InChI is InChI=1S/C10H22N4/c11-9(12)7-5-3-1-2-4-6-8-10(13)14/h1-8H2,(H3,11,12)(H3,13,14). The largest absolute Gasteiger partial charge is 0.388 e. The van der Waals surface area contributed by atoms with Crippen LogP contribution in [-0.2, 0) is 0 Å². The first-order valence-electron chi connectivity index (χ1n) is 5.28. The molecule has 0 bridgehead atoms. The number of nitrogens with two attached hydrogens (primary N) is 2. The zero-order valence-corrected chi connectivity index (χ0v) is 8.81. The van der Waals surface area contributed by atoms with Crippen LogP contribution in [0.15, 0.2) is 0 Å². The molecule has 0 aromatic carbocycles. The minimum atomic E-state index is 0.293. The van der Waals surface area contributed by atoms with Crippen LogP contribution in [0.1, 0.15) is 51.4 Å². The van der Waals surface area contributed by atoms with Gasteiger partial charge in [0.2, 0.25) is 0 Å². The van der Waals surface area contributed by atoms with Gasteiger partial charge in [-0.1, -0.05) is 25.7 Å². The molecule has 0 aromatic heterocycles. The molecular weight excluding hydrogens is 176 g/mol. The van der Waals surface area contributed by atoms with E-state index in [0.717, 1.165) is 38.5 Å². The minimum absolute atomic E-state index is 0.293. The van der Waals surface area contributed by atoms with Gasteiger partial charge in [-0.15, -0.1) is 0 Å². The molecule has 0 aliphatic carbocycles. The molecule has 14 heavy (non-hydrogen) atoms. The van der Waals surface area contributed by atoms with Crippen LogP contribution in [0.4, 0.5) is 0 Å².